The second-order valence-electron chi connectivity index (χ2n) is 4.02. The Labute approximate surface area is 78.0 Å². The fourth-order valence-electron chi connectivity index (χ4n) is 0.780. The van der Waals surface area contributed by atoms with Crippen LogP contribution in [0.15, 0.2) is 0 Å². The molecule has 0 aliphatic heterocycles. The molecule has 0 bridgehead atoms. The predicted molar refractivity (Wildman–Crippen MR) is 56.2 cm³/mol. The van der Waals surface area contributed by atoms with E-state index < -0.39 is 8.32 Å². The highest BCUT2D eigenvalue weighted by molar-refractivity contribution is 6.71. The molecule has 12 heavy (non-hydrogen) atoms. The fraction of sp³-hybridized carbons (Fsp3) is 1.00. The van der Waals surface area contributed by atoms with Crippen molar-refractivity contribution in [3.63, 3.8) is 0 Å². The zero-order valence-corrected chi connectivity index (χ0v) is 10.2. The molecule has 74 valence electrons. The second-order valence-corrected chi connectivity index (χ2v) is 8.54. The molecule has 2 nitrogen and oxygen atoms in total. The van der Waals surface area contributed by atoms with Gasteiger partial charge in [0.15, 0.2) is 8.32 Å². The minimum Gasteiger partial charge on any atom is -0.412 e. The maximum Gasteiger partial charge on any atom is 0.186 e. The van der Waals surface area contributed by atoms with Crippen LogP contribution in [0.3, 0.4) is 0 Å². The van der Waals surface area contributed by atoms with Crippen LogP contribution in [0, 0.1) is 0 Å². The third-order valence-electron chi connectivity index (χ3n) is 2.48. The number of hydrogen-bond donors (Lipinski definition) is 1. The first-order valence-electron chi connectivity index (χ1n) is 4.97. The van der Waals surface area contributed by atoms with Gasteiger partial charge in [0.25, 0.3) is 0 Å². The van der Waals surface area contributed by atoms with E-state index in [0.29, 0.717) is 0 Å². The van der Waals surface area contributed by atoms with E-state index in [1.165, 1.54) is 12.6 Å². The number of nitrogens with one attached hydrogen (secondary N) is 1. The Hall–Kier alpha value is 0.137. The van der Waals surface area contributed by atoms with Gasteiger partial charge in [0.1, 0.15) is 0 Å². The van der Waals surface area contributed by atoms with E-state index in [0.717, 1.165) is 13.2 Å². The second kappa shape index (κ2) is 5.73. The minimum atomic E-state index is -1.27. The van der Waals surface area contributed by atoms with Crippen LogP contribution in [0.2, 0.25) is 19.1 Å². The Kier molecular flexibility index (Phi) is 5.79. The molecule has 0 heterocycles. The molecule has 1 atom stereocenters. The normalized spacial score (nSPS) is 14.8. The van der Waals surface area contributed by atoms with Gasteiger partial charge in [-0.25, -0.2) is 0 Å². The van der Waals surface area contributed by atoms with Gasteiger partial charge in [0.2, 0.25) is 0 Å². The molecule has 0 rings (SSSR count). The molecule has 3 heteroatoms. The standard InChI is InChI=1S/C9H23NOSi/c1-6-10(3)8-9-11-12(4,5)7-2/h6-9H2,1-5H3/p+1. The van der Waals surface area contributed by atoms with Gasteiger partial charge in [0, 0.05) is 0 Å². The third-order valence-corrected chi connectivity index (χ3v) is 5.17. The van der Waals surface area contributed by atoms with Crippen LogP contribution in [0.5, 0.6) is 0 Å². The van der Waals surface area contributed by atoms with Crippen LogP contribution in [0.4, 0.5) is 0 Å². The van der Waals surface area contributed by atoms with E-state index >= 15 is 0 Å². The summed E-state index contributed by atoms with van der Waals surface area (Å²) in [7, 11) is 0.942. The quantitative estimate of drug-likeness (QED) is 0.611. The monoisotopic (exact) mass is 190 g/mol. The lowest BCUT2D eigenvalue weighted by Crippen LogP contribution is -3.09. The third kappa shape index (κ3) is 5.74. The van der Waals surface area contributed by atoms with Crippen molar-refractivity contribution in [1.82, 2.24) is 0 Å². The van der Waals surface area contributed by atoms with Crippen LogP contribution in [-0.4, -0.2) is 35.1 Å². The molecular formula is C9H24NOSi+. The molecule has 0 aromatic carbocycles. The fourth-order valence-corrected chi connectivity index (χ4v) is 1.64. The molecule has 1 unspecified atom stereocenters. The van der Waals surface area contributed by atoms with Crippen molar-refractivity contribution in [2.24, 2.45) is 0 Å². The number of rotatable bonds is 6. The molecular weight excluding hydrogens is 166 g/mol. The van der Waals surface area contributed by atoms with E-state index in [2.05, 4.69) is 34.0 Å². The molecule has 0 saturated heterocycles. The highest BCUT2D eigenvalue weighted by atomic mass is 28.4. The van der Waals surface area contributed by atoms with Gasteiger partial charge >= 0.3 is 0 Å². The van der Waals surface area contributed by atoms with Gasteiger partial charge in [-0.05, 0) is 26.1 Å². The average molecular weight is 190 g/mol. The lowest BCUT2D eigenvalue weighted by atomic mass is 10.6. The predicted octanol–water partition coefficient (Wildman–Crippen LogP) is 0.763. The van der Waals surface area contributed by atoms with Crippen molar-refractivity contribution in [3.8, 4) is 0 Å². The SMILES string of the molecule is CC[NH+](C)CCO[Si](C)(C)CC. The van der Waals surface area contributed by atoms with Crippen molar-refractivity contribution in [3.05, 3.63) is 0 Å². The van der Waals surface area contributed by atoms with Crippen LogP contribution < -0.4 is 4.90 Å². The average Bonchev–Trinajstić information content (AvgIpc) is 2.04. The summed E-state index contributed by atoms with van der Waals surface area (Å²) in [5, 5.41) is 0. The molecule has 0 radical (unpaired) electrons. The molecule has 0 aliphatic rings. The number of quaternary nitrogens is 1. The van der Waals surface area contributed by atoms with E-state index in [-0.39, 0.29) is 0 Å². The summed E-state index contributed by atoms with van der Waals surface area (Å²) in [5.41, 5.74) is 0. The summed E-state index contributed by atoms with van der Waals surface area (Å²) >= 11 is 0. The summed E-state index contributed by atoms with van der Waals surface area (Å²) < 4.78 is 5.87. The van der Waals surface area contributed by atoms with Crippen molar-refractivity contribution in [2.75, 3.05) is 26.7 Å². The van der Waals surface area contributed by atoms with Gasteiger partial charge in [-0.2, -0.15) is 0 Å². The molecule has 0 amide bonds. The summed E-state index contributed by atoms with van der Waals surface area (Å²) in [5.74, 6) is 0. The first kappa shape index (κ1) is 12.1. The van der Waals surface area contributed by atoms with E-state index in [1.54, 1.807) is 4.90 Å². The highest BCUT2D eigenvalue weighted by Gasteiger charge is 2.19. The lowest BCUT2D eigenvalue weighted by molar-refractivity contribution is -0.877. The number of likely N-dealkylation sites (N-methyl/N-ethyl adjacent to an activating group) is 1. The largest absolute Gasteiger partial charge is 0.412 e. The maximum atomic E-state index is 5.87. The Morgan fingerprint density at radius 1 is 1.25 bits per heavy atom. The summed E-state index contributed by atoms with van der Waals surface area (Å²) in [4.78, 5) is 1.55. The van der Waals surface area contributed by atoms with Crippen molar-refractivity contribution >= 4 is 8.32 Å². The van der Waals surface area contributed by atoms with Crippen LogP contribution in [-0.2, 0) is 4.43 Å². The van der Waals surface area contributed by atoms with Gasteiger partial charge in [-0.1, -0.05) is 6.92 Å². The Bertz CT molecular complexity index is 117. The molecule has 1 N–H and O–H groups in total. The first-order valence-corrected chi connectivity index (χ1v) is 8.08. The van der Waals surface area contributed by atoms with E-state index in [4.69, 9.17) is 4.43 Å². The van der Waals surface area contributed by atoms with Crippen LogP contribution >= 0.6 is 0 Å². The Balaban J connectivity index is 3.42. The summed E-state index contributed by atoms with van der Waals surface area (Å²) in [6.45, 7) is 12.3. The van der Waals surface area contributed by atoms with Gasteiger partial charge < -0.3 is 9.33 Å². The molecule has 0 aromatic rings. The topological polar surface area (TPSA) is 13.7 Å². The van der Waals surface area contributed by atoms with Crippen LogP contribution in [0.25, 0.3) is 0 Å². The minimum absolute atomic E-state index is 0.937. The van der Waals surface area contributed by atoms with Crippen molar-refractivity contribution < 1.29 is 9.33 Å². The molecule has 0 spiro atoms. The lowest BCUT2D eigenvalue weighted by Gasteiger charge is -2.21. The van der Waals surface area contributed by atoms with Gasteiger partial charge in [-0.3, -0.25) is 0 Å². The van der Waals surface area contributed by atoms with Crippen LogP contribution in [0.1, 0.15) is 13.8 Å². The van der Waals surface area contributed by atoms with E-state index in [1.807, 2.05) is 0 Å². The Morgan fingerprint density at radius 2 is 1.83 bits per heavy atom. The van der Waals surface area contributed by atoms with Crippen molar-refractivity contribution in [2.45, 2.75) is 33.0 Å². The first-order chi connectivity index (χ1) is 5.52. The molecule has 0 saturated carbocycles. The molecule has 0 aliphatic carbocycles. The molecule has 0 fully saturated rings. The summed E-state index contributed by atoms with van der Waals surface area (Å²) in [6.07, 6.45) is 0. The van der Waals surface area contributed by atoms with Gasteiger partial charge in [0.05, 0.1) is 26.7 Å². The smallest absolute Gasteiger partial charge is 0.186 e. The zero-order valence-electron chi connectivity index (χ0n) is 9.24. The Morgan fingerprint density at radius 3 is 2.25 bits per heavy atom. The van der Waals surface area contributed by atoms with E-state index in [9.17, 15) is 0 Å². The summed E-state index contributed by atoms with van der Waals surface area (Å²) in [6, 6.07) is 1.22. The van der Waals surface area contributed by atoms with Gasteiger partial charge in [-0.15, -0.1) is 0 Å². The molecule has 0 aromatic heterocycles. The highest BCUT2D eigenvalue weighted by Crippen LogP contribution is 2.08. The zero-order chi connectivity index (χ0) is 9.61. The van der Waals surface area contributed by atoms with Crippen molar-refractivity contribution in [1.29, 1.82) is 0 Å². The number of hydrogen-bond acceptors (Lipinski definition) is 1. The maximum absolute atomic E-state index is 5.87.